The average Bonchev–Trinajstić information content (AvgIpc) is 1.16. The molecule has 2 fully saturated rings. The molecule has 0 bridgehead atoms. The number of nitrogens with two attached hydrogens (primary N) is 5. The average molecular weight is 1510 g/mol. The molecule has 8 amide bonds. The third-order valence-corrected chi connectivity index (χ3v) is 18.2. The molecule has 46 heteroatoms. The van der Waals surface area contributed by atoms with E-state index in [0.717, 1.165) is 24.7 Å². The highest BCUT2D eigenvalue weighted by Crippen LogP contribution is 2.35. The fraction of sp³-hybridized carbons (Fsp3) is 0.618. The molecule has 4 aromatic heterocycles. The summed E-state index contributed by atoms with van der Waals surface area (Å²) in [4.78, 5) is 131. The second-order valence-electron chi connectivity index (χ2n) is 23.2. The Bertz CT molecular complexity index is 3540. The number of amides is 8. The van der Waals surface area contributed by atoms with Crippen molar-refractivity contribution in [3.05, 3.63) is 56.8 Å². The van der Waals surface area contributed by atoms with Crippen LogP contribution in [0.4, 0.5) is 10.6 Å². The van der Waals surface area contributed by atoms with E-state index in [0.29, 0.717) is 22.3 Å². The molecule has 19 unspecified atom stereocenters. The fourth-order valence-electron chi connectivity index (χ4n) is 9.80. The largest absolute Gasteiger partial charge is 0.726 e. The first-order valence-electron chi connectivity index (χ1n) is 30.5. The van der Waals surface area contributed by atoms with Gasteiger partial charge in [-0.05, 0) is 31.7 Å². The van der Waals surface area contributed by atoms with E-state index in [1.807, 2.05) is 0 Å². The van der Waals surface area contributed by atoms with Gasteiger partial charge >= 0.3 is 6.09 Å². The SMILES string of the molecule is Cc1c(N)nc(C(CC(N)=O)NCC(N)C(N)=O)nc1C(=O)NC(C(=O)NC(C)C(O)C(C)C(=O)NC(C(=O)NCCc1nc(-c2nc(C(=O)NCCC[S+](C)C)cs2)cs1)C(C)O)C(OC1OC(CO)C(O)C(O)C1OC1OC(CO)C(O)C(OC(N)=O)C1O)c1cnc[nH]1.O=S(=O)([O-])O. The Kier molecular flexibility index (Phi) is 32.3. The minimum Gasteiger partial charge on any atom is -0.726 e. The van der Waals surface area contributed by atoms with Crippen molar-refractivity contribution in [2.75, 3.05) is 56.8 Å². The van der Waals surface area contributed by atoms with Crippen LogP contribution < -0.4 is 60.6 Å². The number of ether oxygens (including phenoxy) is 5. The summed E-state index contributed by atoms with van der Waals surface area (Å²) in [7, 11) is -4.66. The van der Waals surface area contributed by atoms with E-state index < -0.39 is 193 Å². The number of nitrogens with zero attached hydrogens (tertiary/aromatic N) is 5. The first kappa shape index (κ1) is 84.2. The summed E-state index contributed by atoms with van der Waals surface area (Å²) in [5, 5.41) is 108. The molecule has 2 aliphatic rings. The van der Waals surface area contributed by atoms with Crippen molar-refractivity contribution in [1.82, 2.24) is 61.8 Å². The predicted octanol–water partition coefficient (Wildman–Crippen LogP) is -8.70. The van der Waals surface area contributed by atoms with E-state index in [2.05, 4.69) is 74.3 Å². The summed E-state index contributed by atoms with van der Waals surface area (Å²) < 4.78 is 61.6. The quantitative estimate of drug-likeness (QED) is 0.00880. The second kappa shape index (κ2) is 38.7. The van der Waals surface area contributed by atoms with Gasteiger partial charge in [0.1, 0.15) is 100 Å². The summed E-state index contributed by atoms with van der Waals surface area (Å²) >= 11 is 2.52. The number of hydrogen-bond donors (Lipinski definition) is 21. The number of thiazole rings is 2. The van der Waals surface area contributed by atoms with Gasteiger partial charge in [0, 0.05) is 55.2 Å². The molecule has 101 heavy (non-hydrogen) atoms. The van der Waals surface area contributed by atoms with Gasteiger partial charge in [0.05, 0.1) is 85.2 Å². The van der Waals surface area contributed by atoms with E-state index in [4.69, 9.17) is 69.9 Å². The summed E-state index contributed by atoms with van der Waals surface area (Å²) in [6.07, 6.45) is -20.0. The van der Waals surface area contributed by atoms with Crippen molar-refractivity contribution in [3.63, 3.8) is 0 Å². The highest BCUT2D eigenvalue weighted by atomic mass is 32.3. The van der Waals surface area contributed by atoms with E-state index in [1.165, 1.54) is 50.4 Å². The highest BCUT2D eigenvalue weighted by Gasteiger charge is 2.54. The molecule has 26 N–H and O–H groups in total. The second-order valence-corrected chi connectivity index (χ2v) is 28.3. The number of primary amides is 3. The molecule has 42 nitrogen and oxygen atoms in total. The Balaban J connectivity index is 0.00000354. The van der Waals surface area contributed by atoms with Gasteiger partial charge in [-0.15, -0.1) is 22.7 Å². The molecule has 0 saturated carbocycles. The normalized spacial score (nSPS) is 23.4. The van der Waals surface area contributed by atoms with Crippen LogP contribution in [0.25, 0.3) is 10.7 Å². The van der Waals surface area contributed by atoms with Gasteiger partial charge in [0.25, 0.3) is 11.8 Å². The van der Waals surface area contributed by atoms with Gasteiger partial charge in [0.15, 0.2) is 18.7 Å². The standard InChI is InChI=1S/C55H83N17O21S3.H2O4S/c1-20-33(69-46(72-44(20)58)25(12-31(57)76)64-13-24(56)45(59)82)50(86)71-35(41(26-14-61-19-65-26)91-54-43(39(80)37(78)29(15-73)90-54)92-53-40(81)42(93-55(60)88)38(79)30(16-74)89-53)51(87)66-22(3)36(77)21(2)47(83)70-34(23(4)75)49(85)63-10-8-32-67-28(18-94-32)52-68-27(17-95-52)48(84)62-9-7-11-96(5)6;1-5(2,3)4/h14,17-19,21-25,29-30,34-43,53-54,64,73-75,77-81H,7-13,15-16,56H2,1-6H3,(H13-,57,58,59,60,61,62,63,65,66,69,70,71,72,76,82,83,84,85,86,87,88);(H2,1,2,3,4). The number of hydrogen-bond acceptors (Lipinski definition) is 34. The van der Waals surface area contributed by atoms with Crippen LogP contribution in [0.15, 0.2) is 23.3 Å². The van der Waals surface area contributed by atoms with Gasteiger partial charge in [-0.25, -0.2) is 38.1 Å². The number of anilines is 1. The zero-order valence-electron chi connectivity index (χ0n) is 55.0. The molecular formula is C55H85N17O25S4. The van der Waals surface area contributed by atoms with Crippen LogP contribution in [0.3, 0.4) is 0 Å². The minimum absolute atomic E-state index is 0.00498. The number of H-pyrrole nitrogens is 1. The zero-order chi connectivity index (χ0) is 75.5. The van der Waals surface area contributed by atoms with Crippen molar-refractivity contribution in [2.45, 2.75) is 157 Å². The van der Waals surface area contributed by atoms with Crippen LogP contribution in [-0.4, -0.2) is 285 Å². The van der Waals surface area contributed by atoms with Crippen LogP contribution in [0.5, 0.6) is 0 Å². The summed E-state index contributed by atoms with van der Waals surface area (Å²) in [5.41, 5.74) is 28.1. The van der Waals surface area contributed by atoms with Crippen molar-refractivity contribution in [3.8, 4) is 10.7 Å². The number of aliphatic hydroxyl groups is 8. The van der Waals surface area contributed by atoms with Crippen molar-refractivity contribution in [2.24, 2.45) is 28.9 Å². The van der Waals surface area contributed by atoms with Crippen molar-refractivity contribution < 1.29 is 120 Å². The maximum Gasteiger partial charge on any atom is 0.404 e. The lowest BCUT2D eigenvalue weighted by atomic mass is 9.96. The number of aromatic amines is 1. The van der Waals surface area contributed by atoms with E-state index >= 15 is 4.79 Å². The third kappa shape index (κ3) is 24.6. The first-order valence-corrected chi connectivity index (χ1v) is 35.9. The van der Waals surface area contributed by atoms with Crippen LogP contribution in [0, 0.1) is 12.8 Å². The number of aromatic nitrogens is 6. The van der Waals surface area contributed by atoms with E-state index in [-0.39, 0.29) is 64.9 Å². The molecular weight excluding hydrogens is 1430 g/mol. The third-order valence-electron chi connectivity index (χ3n) is 15.3. The Morgan fingerprint density at radius 1 is 0.802 bits per heavy atom. The number of imidazole rings is 1. The Labute approximate surface area is 586 Å². The lowest BCUT2D eigenvalue weighted by Gasteiger charge is -2.47. The number of carbonyl (C=O) groups excluding carboxylic acids is 8. The number of rotatable bonds is 35. The minimum atomic E-state index is -4.92. The van der Waals surface area contributed by atoms with Gasteiger partial charge in [-0.3, -0.25) is 38.1 Å². The molecule has 2 saturated heterocycles. The van der Waals surface area contributed by atoms with E-state index in [9.17, 15) is 74.4 Å². The Morgan fingerprint density at radius 2 is 1.46 bits per heavy atom. The Hall–Kier alpha value is -7.43. The van der Waals surface area contributed by atoms with Gasteiger partial charge in [-0.2, -0.15) is 0 Å². The molecule has 4 aromatic rings. The van der Waals surface area contributed by atoms with Crippen LogP contribution in [0.2, 0.25) is 0 Å². The number of carbonyl (C=O) groups is 8. The molecule has 564 valence electrons. The van der Waals surface area contributed by atoms with Crippen molar-refractivity contribution in [1.29, 1.82) is 0 Å². The van der Waals surface area contributed by atoms with E-state index in [1.54, 1.807) is 10.8 Å². The molecule has 0 radical (unpaired) electrons. The fourth-order valence-corrected chi connectivity index (χ4v) is 12.1. The lowest BCUT2D eigenvalue weighted by molar-refractivity contribution is -0.372. The number of nitrogen functional groups attached to an aromatic ring is 1. The molecule has 0 aromatic carbocycles. The molecule has 19 atom stereocenters. The maximum absolute atomic E-state index is 15.2. The summed E-state index contributed by atoms with van der Waals surface area (Å²) in [6.45, 7) is 3.18. The van der Waals surface area contributed by atoms with Gasteiger partial charge in [0.2, 0.25) is 39.9 Å². The molecule has 2 aliphatic heterocycles. The predicted molar refractivity (Wildman–Crippen MR) is 351 cm³/mol. The highest BCUT2D eigenvalue weighted by molar-refractivity contribution is 7.95. The smallest absolute Gasteiger partial charge is 0.404 e. The lowest BCUT2D eigenvalue weighted by Crippen LogP contribution is -2.65. The number of aliphatic hydroxyl groups excluding tert-OH is 8. The summed E-state index contributed by atoms with van der Waals surface area (Å²) in [5.74, 6) is -7.69. The van der Waals surface area contributed by atoms with Gasteiger partial charge in [-0.1, -0.05) is 6.92 Å². The first-order chi connectivity index (χ1) is 47.3. The van der Waals surface area contributed by atoms with Crippen LogP contribution >= 0.6 is 22.7 Å². The topological polar surface area (TPSA) is 705 Å². The maximum atomic E-state index is 15.2. The number of nitrogens with one attached hydrogen (secondary N) is 7. The molecule has 0 aliphatic carbocycles. The summed E-state index contributed by atoms with van der Waals surface area (Å²) in [6, 6.07) is -7.85. The van der Waals surface area contributed by atoms with Crippen molar-refractivity contribution >= 4 is 97.2 Å². The zero-order valence-corrected chi connectivity index (χ0v) is 58.2. The monoisotopic (exact) mass is 1510 g/mol. The molecule has 6 heterocycles. The molecule has 6 rings (SSSR count). The van der Waals surface area contributed by atoms with Crippen LogP contribution in [-0.2, 0) is 75.4 Å². The molecule has 0 spiro atoms. The van der Waals surface area contributed by atoms with Crippen LogP contribution in [0.1, 0.15) is 88.8 Å². The Morgan fingerprint density at radius 3 is 2.05 bits per heavy atom. The van der Waals surface area contributed by atoms with Gasteiger partial charge < -0.3 is 135 Å².